The van der Waals surface area contributed by atoms with E-state index >= 15 is 0 Å². The van der Waals surface area contributed by atoms with E-state index in [4.69, 9.17) is 19.3 Å². The van der Waals surface area contributed by atoms with Gasteiger partial charge in [0.25, 0.3) is 0 Å². The maximum absolute atomic E-state index is 12.2. The topological polar surface area (TPSA) is 183 Å². The highest BCUT2D eigenvalue weighted by Crippen LogP contribution is 2.41. The summed E-state index contributed by atoms with van der Waals surface area (Å²) in [6.45, 7) is 5.18. The van der Waals surface area contributed by atoms with Crippen LogP contribution in [-0.4, -0.2) is 92.8 Å². The second kappa shape index (κ2) is 14.9. The Morgan fingerprint density at radius 1 is 1.05 bits per heavy atom. The van der Waals surface area contributed by atoms with Gasteiger partial charge in [0.15, 0.2) is 5.60 Å². The van der Waals surface area contributed by atoms with E-state index in [-0.39, 0.29) is 44.2 Å². The van der Waals surface area contributed by atoms with Gasteiger partial charge in [0.05, 0.1) is 37.6 Å². The molecule has 2 aliphatic heterocycles. The molecule has 218 valence electrons. The molecule has 2 saturated heterocycles. The molecule has 0 aromatic heterocycles. The molecule has 0 spiro atoms. The Morgan fingerprint density at radius 2 is 1.68 bits per heavy atom. The summed E-state index contributed by atoms with van der Waals surface area (Å²) in [5.41, 5.74) is -1.77. The van der Waals surface area contributed by atoms with Crippen LogP contribution in [0.15, 0.2) is 11.6 Å². The molecular formula is C27H44O11. The number of carbonyl (C=O) groups excluding carboxylic acids is 1. The molecule has 38 heavy (non-hydrogen) atoms. The first-order chi connectivity index (χ1) is 17.9. The van der Waals surface area contributed by atoms with E-state index in [0.717, 1.165) is 25.7 Å². The molecule has 0 bridgehead atoms. The van der Waals surface area contributed by atoms with Crippen LogP contribution in [-0.2, 0) is 28.6 Å². The molecule has 0 aliphatic carbocycles. The number of hydrogen-bond acceptors (Lipinski definition) is 9. The van der Waals surface area contributed by atoms with E-state index in [1.807, 2.05) is 6.92 Å². The summed E-state index contributed by atoms with van der Waals surface area (Å²) < 4.78 is 16.5. The highest BCUT2D eigenvalue weighted by Gasteiger charge is 2.56. The molecular weight excluding hydrogens is 500 g/mol. The lowest BCUT2D eigenvalue weighted by atomic mass is 9.78. The zero-order chi connectivity index (χ0) is 28.5. The Balaban J connectivity index is 1.80. The minimum absolute atomic E-state index is 0.0901. The number of carboxylic acids is 2. The van der Waals surface area contributed by atoms with Gasteiger partial charge in [-0.2, -0.15) is 0 Å². The van der Waals surface area contributed by atoms with Crippen molar-refractivity contribution >= 4 is 17.9 Å². The van der Waals surface area contributed by atoms with E-state index in [2.05, 4.69) is 0 Å². The average molecular weight is 545 g/mol. The number of esters is 1. The third-order valence-electron chi connectivity index (χ3n) is 7.57. The number of carbonyl (C=O) groups is 3. The predicted molar refractivity (Wildman–Crippen MR) is 135 cm³/mol. The fourth-order valence-corrected chi connectivity index (χ4v) is 4.95. The molecule has 0 radical (unpaired) electrons. The van der Waals surface area contributed by atoms with Gasteiger partial charge in [0, 0.05) is 30.8 Å². The van der Waals surface area contributed by atoms with Gasteiger partial charge in [-0.05, 0) is 33.1 Å². The number of epoxide rings is 1. The third kappa shape index (κ3) is 9.30. The molecule has 2 fully saturated rings. The van der Waals surface area contributed by atoms with Gasteiger partial charge in [0.1, 0.15) is 6.10 Å². The fourth-order valence-electron chi connectivity index (χ4n) is 4.95. The highest BCUT2D eigenvalue weighted by molar-refractivity contribution is 5.84. The van der Waals surface area contributed by atoms with E-state index in [0.29, 0.717) is 24.8 Å². The first-order valence-corrected chi connectivity index (χ1v) is 13.5. The lowest BCUT2D eigenvalue weighted by Crippen LogP contribution is -2.63. The molecule has 0 aromatic carbocycles. The Kier molecular flexibility index (Phi) is 12.6. The van der Waals surface area contributed by atoms with E-state index < -0.39 is 47.7 Å². The van der Waals surface area contributed by atoms with Crippen LogP contribution in [0.1, 0.15) is 78.6 Å². The molecule has 0 amide bonds. The predicted octanol–water partition coefficient (Wildman–Crippen LogP) is 2.05. The van der Waals surface area contributed by atoms with Crippen molar-refractivity contribution in [1.82, 2.24) is 0 Å². The number of aliphatic hydroxyl groups is 3. The van der Waals surface area contributed by atoms with E-state index in [1.54, 1.807) is 6.92 Å². The Labute approximate surface area is 223 Å². The maximum atomic E-state index is 12.2. The van der Waals surface area contributed by atoms with Crippen molar-refractivity contribution in [2.45, 2.75) is 115 Å². The molecule has 2 aliphatic rings. The third-order valence-corrected chi connectivity index (χ3v) is 7.57. The van der Waals surface area contributed by atoms with Crippen LogP contribution < -0.4 is 0 Å². The van der Waals surface area contributed by atoms with Gasteiger partial charge in [-0.1, -0.05) is 38.2 Å². The number of rotatable bonds is 17. The summed E-state index contributed by atoms with van der Waals surface area (Å²) in [5, 5.41) is 49.8. The van der Waals surface area contributed by atoms with Gasteiger partial charge in [-0.15, -0.1) is 0 Å². The summed E-state index contributed by atoms with van der Waals surface area (Å²) in [5.74, 6) is -3.49. The molecule has 0 unspecified atom stereocenters. The van der Waals surface area contributed by atoms with Crippen LogP contribution in [0.2, 0.25) is 0 Å². The van der Waals surface area contributed by atoms with E-state index in [9.17, 15) is 34.8 Å². The molecule has 0 saturated carbocycles. The number of ether oxygens (including phenoxy) is 3. The van der Waals surface area contributed by atoms with Crippen molar-refractivity contribution in [1.29, 1.82) is 0 Å². The number of aliphatic hydroxyl groups excluding tert-OH is 3. The van der Waals surface area contributed by atoms with Crippen LogP contribution in [0.3, 0.4) is 0 Å². The summed E-state index contributed by atoms with van der Waals surface area (Å²) in [6.07, 6.45) is 2.23. The van der Waals surface area contributed by atoms with Crippen LogP contribution in [0.5, 0.6) is 0 Å². The standard InChI is InChI=1S/C27H44O11/c1-16(12-22(31)36-11-9-7-5-4-6-8-10-21(29)30)14-27(26(34)35)25(33)23(32)19(15-37-27)13-20-24(38-20)17(2)18(3)28/h12,17-20,23-25,28,32-33H,4-11,13-15H2,1-3H3,(H,29,30)(H,34,35)/b16-12+/t17-,18-,19-,20-,23+,24-,25+,27-/m0/s1. The number of carboxylic acid groups (broad SMARTS) is 2. The van der Waals surface area contributed by atoms with E-state index in [1.165, 1.54) is 13.0 Å². The van der Waals surface area contributed by atoms with Gasteiger partial charge in [-0.3, -0.25) is 4.79 Å². The fraction of sp³-hybridized carbons (Fsp3) is 0.815. The van der Waals surface area contributed by atoms with Crippen molar-refractivity contribution in [2.75, 3.05) is 13.2 Å². The lowest BCUT2D eigenvalue weighted by molar-refractivity contribution is -0.230. The number of hydrogen-bond donors (Lipinski definition) is 5. The van der Waals surface area contributed by atoms with Crippen LogP contribution in [0.4, 0.5) is 0 Å². The second-order valence-electron chi connectivity index (χ2n) is 10.8. The number of unbranched alkanes of at least 4 members (excludes halogenated alkanes) is 5. The largest absolute Gasteiger partial charge is 0.481 e. The summed E-state index contributed by atoms with van der Waals surface area (Å²) in [6, 6.07) is 0. The van der Waals surface area contributed by atoms with Crippen molar-refractivity contribution < 1.29 is 54.1 Å². The summed E-state index contributed by atoms with van der Waals surface area (Å²) in [7, 11) is 0. The first kappa shape index (κ1) is 32.2. The Bertz CT molecular complexity index is 826. The lowest BCUT2D eigenvalue weighted by Gasteiger charge is -2.44. The van der Waals surface area contributed by atoms with Gasteiger partial charge >= 0.3 is 17.9 Å². The zero-order valence-electron chi connectivity index (χ0n) is 22.6. The Hall–Kier alpha value is -2.05. The molecule has 2 rings (SSSR count). The summed E-state index contributed by atoms with van der Waals surface area (Å²) in [4.78, 5) is 34.8. The van der Waals surface area contributed by atoms with Gasteiger partial charge in [0.2, 0.25) is 0 Å². The first-order valence-electron chi connectivity index (χ1n) is 13.5. The van der Waals surface area contributed by atoms with Crippen LogP contribution in [0.25, 0.3) is 0 Å². The van der Waals surface area contributed by atoms with Crippen molar-refractivity contribution in [2.24, 2.45) is 11.8 Å². The Morgan fingerprint density at radius 3 is 2.29 bits per heavy atom. The van der Waals surface area contributed by atoms with Crippen LogP contribution >= 0.6 is 0 Å². The van der Waals surface area contributed by atoms with Crippen molar-refractivity contribution in [3.8, 4) is 0 Å². The van der Waals surface area contributed by atoms with Gasteiger partial charge < -0.3 is 39.7 Å². The quantitative estimate of drug-likeness (QED) is 0.0781. The van der Waals surface area contributed by atoms with Crippen molar-refractivity contribution in [3.63, 3.8) is 0 Å². The zero-order valence-corrected chi connectivity index (χ0v) is 22.6. The second-order valence-corrected chi connectivity index (χ2v) is 10.8. The molecule has 0 aromatic rings. The number of aliphatic carboxylic acids is 2. The van der Waals surface area contributed by atoms with Crippen LogP contribution in [0, 0.1) is 11.8 Å². The summed E-state index contributed by atoms with van der Waals surface area (Å²) >= 11 is 0. The SMILES string of the molecule is C/C(=C\C(=O)OCCCCCCCCC(=O)O)C[C@]1(C(=O)O)OC[C@H](C[C@@H]2O[C@H]2[C@@H](C)[C@H](C)O)[C@@H](O)[C@H]1O. The maximum Gasteiger partial charge on any atom is 0.339 e. The average Bonchev–Trinajstić information content (AvgIpc) is 3.60. The minimum Gasteiger partial charge on any atom is -0.481 e. The van der Waals surface area contributed by atoms with Gasteiger partial charge in [-0.25, -0.2) is 9.59 Å². The normalized spacial score (nSPS) is 30.9. The van der Waals surface area contributed by atoms with Crippen molar-refractivity contribution in [3.05, 3.63) is 11.6 Å². The highest BCUT2D eigenvalue weighted by atomic mass is 16.6. The molecule has 8 atom stereocenters. The molecule has 5 N–H and O–H groups in total. The molecule has 11 nitrogen and oxygen atoms in total. The minimum atomic E-state index is -2.10. The smallest absolute Gasteiger partial charge is 0.339 e. The molecule has 11 heteroatoms. The monoisotopic (exact) mass is 544 g/mol. The molecule has 2 heterocycles.